The number of amides is 1. The Morgan fingerprint density at radius 1 is 1.08 bits per heavy atom. The van der Waals surface area contributed by atoms with Crippen molar-refractivity contribution in [3.8, 4) is 11.6 Å². The molecule has 0 N–H and O–H groups in total. The third-order valence-electron chi connectivity index (χ3n) is 3.68. The van der Waals surface area contributed by atoms with E-state index in [1.807, 2.05) is 45.3 Å². The minimum atomic E-state index is -0.0797. The smallest absolute Gasteiger partial charge is 0.259 e. The summed E-state index contributed by atoms with van der Waals surface area (Å²) in [6.07, 6.45) is 2.55. The van der Waals surface area contributed by atoms with Gasteiger partial charge in [-0.3, -0.25) is 4.79 Å². The van der Waals surface area contributed by atoms with E-state index in [4.69, 9.17) is 4.74 Å². The number of ether oxygens (including phenoxy) is 1. The first-order valence-corrected chi connectivity index (χ1v) is 8.07. The zero-order valence-corrected chi connectivity index (χ0v) is 14.8. The van der Waals surface area contributed by atoms with Crippen LogP contribution in [0.2, 0.25) is 0 Å². The van der Waals surface area contributed by atoms with Crippen LogP contribution in [-0.4, -0.2) is 54.9 Å². The van der Waals surface area contributed by atoms with Gasteiger partial charge in [0.15, 0.2) is 0 Å². The average molecular weight is 327 g/mol. The van der Waals surface area contributed by atoms with Crippen LogP contribution >= 0.6 is 0 Å². The molecular formula is C19H25N3O2. The predicted molar refractivity (Wildman–Crippen MR) is 95.6 cm³/mol. The minimum absolute atomic E-state index is 0.0797. The van der Waals surface area contributed by atoms with E-state index in [-0.39, 0.29) is 5.91 Å². The van der Waals surface area contributed by atoms with Gasteiger partial charge >= 0.3 is 0 Å². The predicted octanol–water partition coefficient (Wildman–Crippen LogP) is 3.21. The molecule has 0 bridgehead atoms. The molecule has 1 aromatic carbocycles. The van der Waals surface area contributed by atoms with E-state index in [1.165, 1.54) is 0 Å². The van der Waals surface area contributed by atoms with Gasteiger partial charge in [0.25, 0.3) is 5.91 Å². The average Bonchev–Trinajstić information content (AvgIpc) is 2.56. The van der Waals surface area contributed by atoms with Crippen molar-refractivity contribution in [3.05, 3.63) is 53.7 Å². The molecule has 2 rings (SSSR count). The molecule has 2 aromatic rings. The maximum atomic E-state index is 12.7. The monoisotopic (exact) mass is 327 g/mol. The molecule has 0 aliphatic heterocycles. The van der Waals surface area contributed by atoms with Crippen molar-refractivity contribution in [2.24, 2.45) is 0 Å². The number of carbonyl (C=O) groups excluding carboxylic acids is 1. The van der Waals surface area contributed by atoms with Crippen molar-refractivity contribution >= 4 is 5.91 Å². The van der Waals surface area contributed by atoms with Crippen molar-refractivity contribution < 1.29 is 9.53 Å². The third-order valence-corrected chi connectivity index (χ3v) is 3.68. The molecule has 0 unspecified atom stereocenters. The van der Waals surface area contributed by atoms with Crippen LogP contribution in [0, 0.1) is 6.92 Å². The van der Waals surface area contributed by atoms with Gasteiger partial charge in [-0.2, -0.15) is 0 Å². The first kappa shape index (κ1) is 17.9. The highest BCUT2D eigenvalue weighted by Gasteiger charge is 2.18. The molecule has 1 heterocycles. The molecular weight excluding hydrogens is 302 g/mol. The standard InChI is InChI=1S/C19H25N3O2/c1-15-8-10-16(11-9-15)24-18-17(7-5-12-20-18)19(23)22(4)14-6-13-21(2)3/h5,7-12H,6,13-14H2,1-4H3. The maximum absolute atomic E-state index is 12.7. The Balaban J connectivity index is 2.09. The van der Waals surface area contributed by atoms with Crippen LogP contribution < -0.4 is 4.74 Å². The van der Waals surface area contributed by atoms with E-state index in [1.54, 1.807) is 30.3 Å². The van der Waals surface area contributed by atoms with Gasteiger partial charge in [0.1, 0.15) is 11.3 Å². The van der Waals surface area contributed by atoms with Crippen molar-refractivity contribution in [2.75, 3.05) is 34.2 Å². The summed E-state index contributed by atoms with van der Waals surface area (Å²) in [7, 11) is 5.85. The molecule has 1 amide bonds. The van der Waals surface area contributed by atoms with Gasteiger partial charge in [-0.05, 0) is 58.3 Å². The van der Waals surface area contributed by atoms with Gasteiger partial charge in [0.2, 0.25) is 5.88 Å². The molecule has 0 aliphatic carbocycles. The molecule has 0 atom stereocenters. The van der Waals surface area contributed by atoms with Crippen LogP contribution in [0.1, 0.15) is 22.3 Å². The lowest BCUT2D eigenvalue weighted by molar-refractivity contribution is 0.0787. The van der Waals surface area contributed by atoms with E-state index in [9.17, 15) is 4.79 Å². The van der Waals surface area contributed by atoms with Crippen molar-refractivity contribution in [1.29, 1.82) is 0 Å². The van der Waals surface area contributed by atoms with Gasteiger partial charge < -0.3 is 14.5 Å². The second-order valence-electron chi connectivity index (χ2n) is 6.15. The molecule has 0 fully saturated rings. The Morgan fingerprint density at radius 3 is 2.46 bits per heavy atom. The summed E-state index contributed by atoms with van der Waals surface area (Å²) in [4.78, 5) is 20.7. The molecule has 0 radical (unpaired) electrons. The van der Waals surface area contributed by atoms with Crippen LogP contribution in [-0.2, 0) is 0 Å². The molecule has 1 aromatic heterocycles. The van der Waals surface area contributed by atoms with Gasteiger partial charge in [-0.25, -0.2) is 4.98 Å². The lowest BCUT2D eigenvalue weighted by Crippen LogP contribution is -2.30. The number of aryl methyl sites for hydroxylation is 1. The maximum Gasteiger partial charge on any atom is 0.259 e. The molecule has 5 nitrogen and oxygen atoms in total. The summed E-state index contributed by atoms with van der Waals surface area (Å²) in [5.41, 5.74) is 1.63. The highest BCUT2D eigenvalue weighted by atomic mass is 16.5. The fraction of sp³-hybridized carbons (Fsp3) is 0.368. The SMILES string of the molecule is Cc1ccc(Oc2ncccc2C(=O)N(C)CCCN(C)C)cc1. The molecule has 0 saturated carbocycles. The molecule has 24 heavy (non-hydrogen) atoms. The zero-order chi connectivity index (χ0) is 17.5. The van der Waals surface area contributed by atoms with Gasteiger partial charge in [-0.15, -0.1) is 0 Å². The summed E-state index contributed by atoms with van der Waals surface area (Å²) < 4.78 is 5.81. The number of carbonyl (C=O) groups is 1. The Labute approximate surface area is 143 Å². The molecule has 5 heteroatoms. The van der Waals surface area contributed by atoms with Crippen LogP contribution in [0.15, 0.2) is 42.6 Å². The number of hydrogen-bond donors (Lipinski definition) is 0. The first-order valence-electron chi connectivity index (χ1n) is 8.07. The van der Waals surface area contributed by atoms with Crippen molar-refractivity contribution in [2.45, 2.75) is 13.3 Å². The molecule has 128 valence electrons. The summed E-state index contributed by atoms with van der Waals surface area (Å²) in [6, 6.07) is 11.2. The summed E-state index contributed by atoms with van der Waals surface area (Å²) >= 11 is 0. The molecule has 0 saturated heterocycles. The molecule has 0 spiro atoms. The Kier molecular flexibility index (Phi) is 6.32. The second-order valence-corrected chi connectivity index (χ2v) is 6.15. The number of nitrogens with zero attached hydrogens (tertiary/aromatic N) is 3. The first-order chi connectivity index (χ1) is 11.5. The van der Waals surface area contributed by atoms with Gasteiger partial charge in [-0.1, -0.05) is 17.7 Å². The van der Waals surface area contributed by atoms with Crippen molar-refractivity contribution in [3.63, 3.8) is 0 Å². The summed E-state index contributed by atoms with van der Waals surface area (Å²) in [5.74, 6) is 0.929. The zero-order valence-electron chi connectivity index (χ0n) is 14.8. The number of benzene rings is 1. The fourth-order valence-corrected chi connectivity index (χ4v) is 2.28. The largest absolute Gasteiger partial charge is 0.438 e. The van der Waals surface area contributed by atoms with E-state index >= 15 is 0 Å². The van der Waals surface area contributed by atoms with E-state index in [0.717, 1.165) is 18.5 Å². The van der Waals surface area contributed by atoms with E-state index in [0.29, 0.717) is 23.7 Å². The Hall–Kier alpha value is -2.40. The number of aromatic nitrogens is 1. The van der Waals surface area contributed by atoms with Crippen LogP contribution in [0.4, 0.5) is 0 Å². The fourth-order valence-electron chi connectivity index (χ4n) is 2.28. The summed E-state index contributed by atoms with van der Waals surface area (Å²) in [6.45, 7) is 3.65. The van der Waals surface area contributed by atoms with Crippen molar-refractivity contribution in [1.82, 2.24) is 14.8 Å². The van der Waals surface area contributed by atoms with E-state index in [2.05, 4.69) is 9.88 Å². The van der Waals surface area contributed by atoms with Crippen LogP contribution in [0.25, 0.3) is 0 Å². The lowest BCUT2D eigenvalue weighted by Gasteiger charge is -2.19. The van der Waals surface area contributed by atoms with Gasteiger partial charge in [0, 0.05) is 19.8 Å². The lowest BCUT2D eigenvalue weighted by atomic mass is 10.2. The quantitative estimate of drug-likeness (QED) is 0.783. The number of pyridine rings is 1. The number of rotatable bonds is 7. The minimum Gasteiger partial charge on any atom is -0.438 e. The highest BCUT2D eigenvalue weighted by Crippen LogP contribution is 2.24. The Bertz CT molecular complexity index is 669. The molecule has 0 aliphatic rings. The van der Waals surface area contributed by atoms with Gasteiger partial charge in [0.05, 0.1) is 0 Å². The topological polar surface area (TPSA) is 45.7 Å². The Morgan fingerprint density at radius 2 is 1.79 bits per heavy atom. The summed E-state index contributed by atoms with van der Waals surface area (Å²) in [5, 5.41) is 0. The van der Waals surface area contributed by atoms with E-state index < -0.39 is 0 Å². The van der Waals surface area contributed by atoms with Crippen LogP contribution in [0.3, 0.4) is 0 Å². The van der Waals surface area contributed by atoms with Crippen LogP contribution in [0.5, 0.6) is 11.6 Å². The second kappa shape index (κ2) is 8.45. The normalized spacial score (nSPS) is 10.7. The third kappa shape index (κ3) is 5.06. The number of hydrogen-bond acceptors (Lipinski definition) is 4. The highest BCUT2D eigenvalue weighted by molar-refractivity contribution is 5.96.